The third kappa shape index (κ3) is 6.12. The van der Waals surface area contributed by atoms with Crippen molar-refractivity contribution in [2.24, 2.45) is 22.5 Å². The predicted octanol–water partition coefficient (Wildman–Crippen LogP) is 7.29. The van der Waals surface area contributed by atoms with Crippen LogP contribution in [0.5, 0.6) is 11.8 Å². The SMILES string of the molecule is C[C@H](c1nccnc1N)N1CCOc2c(C(F)(F)F)c(C3C=CC(F)=C4SC(N)=C(C#N)[C@H]43)c(F)c3nc(OCC4(CN5CCC6(CC5)CC6(F)F)CC4)nc1c23. The molecule has 0 amide bonds. The number of rotatable bonds is 8. The van der Waals surface area contributed by atoms with Gasteiger partial charge in [0.05, 0.1) is 41.3 Å². The van der Waals surface area contributed by atoms with E-state index in [0.29, 0.717) is 44.2 Å². The van der Waals surface area contributed by atoms with Crippen molar-refractivity contribution in [3.63, 3.8) is 0 Å². The molecule has 57 heavy (non-hydrogen) atoms. The monoisotopic (exact) mass is 815 g/mol. The lowest BCUT2D eigenvalue weighted by atomic mass is 9.76. The molecule has 0 bridgehead atoms. The molecule has 1 aromatic carbocycles. The number of hydrogen-bond acceptors (Lipinski definition) is 12. The van der Waals surface area contributed by atoms with Crippen molar-refractivity contribution in [1.29, 1.82) is 5.26 Å². The van der Waals surface area contributed by atoms with Crippen LogP contribution < -0.4 is 25.8 Å². The zero-order valence-corrected chi connectivity index (χ0v) is 31.3. The first-order chi connectivity index (χ1) is 27.1. The summed E-state index contributed by atoms with van der Waals surface area (Å²) in [5.74, 6) is -8.45. The molecule has 9 rings (SSSR count). The Morgan fingerprint density at radius 1 is 1.09 bits per heavy atom. The van der Waals surface area contributed by atoms with E-state index < -0.39 is 69.4 Å². The van der Waals surface area contributed by atoms with Gasteiger partial charge < -0.3 is 30.7 Å². The lowest BCUT2D eigenvalue weighted by Gasteiger charge is -2.34. The van der Waals surface area contributed by atoms with Crippen molar-refractivity contribution in [2.45, 2.75) is 63.1 Å². The van der Waals surface area contributed by atoms with Crippen LogP contribution in [0.1, 0.15) is 67.8 Å². The fraction of sp³-hybridized carbons (Fsp3) is 0.500. The molecule has 5 heterocycles. The number of ether oxygens (including phenoxy) is 2. The van der Waals surface area contributed by atoms with Crippen LogP contribution in [0.25, 0.3) is 10.9 Å². The topological polar surface area (TPSA) is 152 Å². The molecule has 3 aliphatic heterocycles. The van der Waals surface area contributed by atoms with E-state index in [1.165, 1.54) is 12.4 Å². The van der Waals surface area contributed by atoms with Gasteiger partial charge in [-0.2, -0.15) is 28.4 Å². The number of nitrogen functional groups attached to an aromatic ring is 1. The minimum atomic E-state index is -5.22. The highest BCUT2D eigenvalue weighted by atomic mass is 32.2. The van der Waals surface area contributed by atoms with E-state index in [9.17, 15) is 14.0 Å². The normalized spacial score (nSPS) is 24.9. The Morgan fingerprint density at radius 3 is 2.46 bits per heavy atom. The lowest BCUT2D eigenvalue weighted by Crippen LogP contribution is -2.41. The number of halogens is 7. The summed E-state index contributed by atoms with van der Waals surface area (Å²) in [6.45, 7) is 3.03. The standard InChI is InChI=1S/C38H36F7N9O2S/c1-18(27-31(47)50-9-8-49-27)54-12-13-55-29-24-28(26(40)23(25(29)38(43,44)45)19-2-3-21(39)30-22(19)20(14-46)32(48)57-30)51-34(52-33(24)54)56-17-35(4-5-35)16-53-10-6-36(7-11-53)15-37(36,41)42/h2-3,8-9,18-19,22H,4-7,10-13,15-17,48H2,1H3,(H2,47,50)/t18-,19?,22-/m1/s1. The van der Waals surface area contributed by atoms with Crippen LogP contribution >= 0.6 is 11.8 Å². The fourth-order valence-corrected chi connectivity index (χ4v) is 10.0. The Kier molecular flexibility index (Phi) is 8.67. The van der Waals surface area contributed by atoms with Gasteiger partial charge >= 0.3 is 12.2 Å². The maximum atomic E-state index is 17.5. The second kappa shape index (κ2) is 13.1. The van der Waals surface area contributed by atoms with Crippen LogP contribution in [-0.4, -0.2) is 70.2 Å². The van der Waals surface area contributed by atoms with Crippen LogP contribution in [0.3, 0.4) is 0 Å². The molecule has 300 valence electrons. The van der Waals surface area contributed by atoms with E-state index in [-0.39, 0.29) is 75.8 Å². The Bertz CT molecular complexity index is 2330. The third-order valence-electron chi connectivity index (χ3n) is 12.4. The molecule has 1 spiro atoms. The van der Waals surface area contributed by atoms with Gasteiger partial charge in [0, 0.05) is 58.5 Å². The highest BCUT2D eigenvalue weighted by molar-refractivity contribution is 8.07. The van der Waals surface area contributed by atoms with Crippen molar-refractivity contribution < 1.29 is 40.2 Å². The number of fused-ring (bicyclic) bond motifs is 1. The number of nitriles is 1. The second-order valence-electron chi connectivity index (χ2n) is 15.8. The van der Waals surface area contributed by atoms with Gasteiger partial charge in [0.1, 0.15) is 46.6 Å². The molecule has 6 aliphatic rings. The van der Waals surface area contributed by atoms with Gasteiger partial charge in [0.2, 0.25) is 0 Å². The maximum Gasteiger partial charge on any atom is 0.420 e. The van der Waals surface area contributed by atoms with E-state index in [1.54, 1.807) is 11.8 Å². The van der Waals surface area contributed by atoms with Gasteiger partial charge in [-0.1, -0.05) is 17.8 Å². The first kappa shape index (κ1) is 37.7. The van der Waals surface area contributed by atoms with E-state index in [0.717, 1.165) is 25.0 Å². The minimum absolute atomic E-state index is 0.0519. The summed E-state index contributed by atoms with van der Waals surface area (Å²) in [5.41, 5.74) is 8.19. The molecule has 2 saturated carbocycles. The van der Waals surface area contributed by atoms with E-state index >= 15 is 22.0 Å². The van der Waals surface area contributed by atoms with E-state index in [2.05, 4.69) is 24.8 Å². The number of allylic oxidation sites excluding steroid dienone is 5. The van der Waals surface area contributed by atoms with E-state index in [1.807, 2.05) is 6.07 Å². The van der Waals surface area contributed by atoms with Gasteiger partial charge in [-0.3, -0.25) is 4.98 Å². The molecule has 3 aliphatic carbocycles. The molecule has 3 fully saturated rings. The molecule has 11 nitrogen and oxygen atoms in total. The molecule has 19 heteroatoms. The smallest absolute Gasteiger partial charge is 0.420 e. The van der Waals surface area contributed by atoms with Crippen LogP contribution in [0.4, 0.5) is 42.4 Å². The van der Waals surface area contributed by atoms with Gasteiger partial charge in [0.25, 0.3) is 5.92 Å². The largest absolute Gasteiger partial charge is 0.490 e. The molecule has 4 N–H and O–H groups in total. The highest BCUT2D eigenvalue weighted by Crippen LogP contribution is 2.66. The zero-order valence-electron chi connectivity index (χ0n) is 30.5. The van der Waals surface area contributed by atoms with Crippen molar-refractivity contribution in [1.82, 2.24) is 24.8 Å². The van der Waals surface area contributed by atoms with Gasteiger partial charge in [0.15, 0.2) is 5.82 Å². The lowest BCUT2D eigenvalue weighted by molar-refractivity contribution is -0.139. The number of hydrogen-bond donors (Lipinski definition) is 2. The Morgan fingerprint density at radius 2 is 1.81 bits per heavy atom. The number of alkyl halides is 5. The highest BCUT2D eigenvalue weighted by Gasteiger charge is 2.70. The maximum absolute atomic E-state index is 17.5. The van der Waals surface area contributed by atoms with Crippen LogP contribution in [0, 0.1) is 33.9 Å². The molecule has 1 saturated heterocycles. The van der Waals surface area contributed by atoms with Crippen molar-refractivity contribution in [2.75, 3.05) is 50.0 Å². The number of nitrogens with two attached hydrogens (primary N) is 2. The minimum Gasteiger partial charge on any atom is -0.490 e. The van der Waals surface area contributed by atoms with Crippen molar-refractivity contribution in [3.8, 4) is 17.8 Å². The summed E-state index contributed by atoms with van der Waals surface area (Å²) in [7, 11) is 0. The average molecular weight is 816 g/mol. The zero-order chi connectivity index (χ0) is 40.2. The Balaban J connectivity index is 1.16. The number of piperidine rings is 1. The molecule has 1 unspecified atom stereocenters. The summed E-state index contributed by atoms with van der Waals surface area (Å²) in [6, 6.07) is 0.811. The fourth-order valence-electron chi connectivity index (χ4n) is 8.96. The molecular formula is C38H36F7N9O2S. The molecule has 0 radical (unpaired) electrons. The summed E-state index contributed by atoms with van der Waals surface area (Å²) in [6.07, 6.45) is 1.90. The third-order valence-corrected chi connectivity index (χ3v) is 13.5. The Labute approximate surface area is 326 Å². The first-order valence-electron chi connectivity index (χ1n) is 18.6. The number of anilines is 2. The molecule has 3 aromatic rings. The van der Waals surface area contributed by atoms with Gasteiger partial charge in [-0.25, -0.2) is 22.5 Å². The van der Waals surface area contributed by atoms with Crippen LogP contribution in [0.15, 0.2) is 45.9 Å². The second-order valence-corrected chi connectivity index (χ2v) is 16.9. The summed E-state index contributed by atoms with van der Waals surface area (Å²) < 4.78 is 119. The quantitative estimate of drug-likeness (QED) is 0.220. The van der Waals surface area contributed by atoms with Crippen LogP contribution in [-0.2, 0) is 6.18 Å². The van der Waals surface area contributed by atoms with Gasteiger partial charge in [-0.15, -0.1) is 0 Å². The van der Waals surface area contributed by atoms with Gasteiger partial charge in [-0.05, 0) is 51.8 Å². The number of nitrogens with zero attached hydrogens (tertiary/aromatic N) is 7. The molecule has 3 atom stereocenters. The summed E-state index contributed by atoms with van der Waals surface area (Å²) in [5, 5.41) is 9.52. The number of aromatic nitrogens is 4. The summed E-state index contributed by atoms with van der Waals surface area (Å²) >= 11 is 0.716. The molecular weight excluding hydrogens is 780 g/mol. The number of benzene rings is 1. The predicted molar refractivity (Wildman–Crippen MR) is 195 cm³/mol. The Hall–Kier alpha value is -4.83. The molecule has 2 aromatic heterocycles. The van der Waals surface area contributed by atoms with E-state index in [4.69, 9.17) is 20.9 Å². The first-order valence-corrected chi connectivity index (χ1v) is 19.4. The number of thioether (sulfide) groups is 1. The van der Waals surface area contributed by atoms with Crippen LogP contribution in [0.2, 0.25) is 0 Å². The van der Waals surface area contributed by atoms with Crippen molar-refractivity contribution in [3.05, 3.63) is 68.5 Å². The number of likely N-dealkylation sites (tertiary alicyclic amines) is 1. The van der Waals surface area contributed by atoms with Crippen molar-refractivity contribution >= 4 is 34.3 Å². The average Bonchev–Trinajstić information content (AvgIpc) is 4.02. The summed E-state index contributed by atoms with van der Waals surface area (Å²) in [4.78, 5) is 21.1.